The quantitative estimate of drug-likeness (QED) is 0.250. The molecule has 4 atom stereocenters. The highest BCUT2D eigenvalue weighted by molar-refractivity contribution is 5.85. The van der Waals surface area contributed by atoms with Crippen LogP contribution in [-0.2, 0) is 4.74 Å². The molecule has 2 saturated heterocycles. The third-order valence-corrected chi connectivity index (χ3v) is 8.54. The second-order valence-corrected chi connectivity index (χ2v) is 13.3. The van der Waals surface area contributed by atoms with Crippen molar-refractivity contribution in [2.45, 2.75) is 149 Å². The Kier molecular flexibility index (Phi) is 19.0. The fourth-order valence-electron chi connectivity index (χ4n) is 6.50. The Labute approximate surface area is 242 Å². The minimum absolute atomic E-state index is 0. The zero-order valence-corrected chi connectivity index (χ0v) is 26.6. The lowest BCUT2D eigenvalue weighted by atomic mass is 9.83. The lowest BCUT2D eigenvalue weighted by molar-refractivity contribution is 0.0443. The van der Waals surface area contributed by atoms with Crippen LogP contribution in [0.4, 0.5) is 4.79 Å². The van der Waals surface area contributed by atoms with Crippen LogP contribution in [0.25, 0.3) is 0 Å². The number of nitrogens with one attached hydrogen (secondary N) is 2. The van der Waals surface area contributed by atoms with Crippen molar-refractivity contribution < 1.29 is 9.53 Å². The van der Waals surface area contributed by atoms with Gasteiger partial charge in [-0.1, -0.05) is 65.2 Å². The lowest BCUT2D eigenvalue weighted by Crippen LogP contribution is -2.49. The number of ether oxygens (including phenoxy) is 1. The van der Waals surface area contributed by atoms with E-state index in [1.807, 2.05) is 20.8 Å². The maximum absolute atomic E-state index is 12.2. The lowest BCUT2D eigenvalue weighted by Gasteiger charge is -2.39. The molecule has 1 saturated carbocycles. The van der Waals surface area contributed by atoms with E-state index < -0.39 is 5.60 Å². The SMILES string of the molecule is CCCCC[C@H]1CCCN(CC2CCCCC2NC(=O)OC(C)(C)C)C1.CCCCC[C@H]1CCCNC1.Cl. The Morgan fingerprint density at radius 2 is 1.55 bits per heavy atom. The van der Waals surface area contributed by atoms with E-state index >= 15 is 0 Å². The normalized spacial score (nSPS) is 26.4. The Morgan fingerprint density at radius 1 is 0.895 bits per heavy atom. The van der Waals surface area contributed by atoms with E-state index in [2.05, 4.69) is 29.4 Å². The van der Waals surface area contributed by atoms with Gasteiger partial charge in [0.2, 0.25) is 0 Å². The Balaban J connectivity index is 0.000000505. The highest BCUT2D eigenvalue weighted by Crippen LogP contribution is 2.29. The molecule has 0 bridgehead atoms. The number of likely N-dealkylation sites (tertiary alicyclic amines) is 1. The number of halogens is 1. The fraction of sp³-hybridized carbons (Fsp3) is 0.969. The summed E-state index contributed by atoms with van der Waals surface area (Å²) in [6.45, 7) is 16.5. The number of rotatable bonds is 11. The summed E-state index contributed by atoms with van der Waals surface area (Å²) in [7, 11) is 0. The topological polar surface area (TPSA) is 53.6 Å². The molecule has 1 amide bonds. The number of piperidine rings is 2. The minimum Gasteiger partial charge on any atom is -0.444 e. The van der Waals surface area contributed by atoms with Crippen LogP contribution in [0.1, 0.15) is 137 Å². The number of alkyl carbamates (subject to hydrolysis) is 1. The smallest absolute Gasteiger partial charge is 0.407 e. The average Bonchev–Trinajstić information content (AvgIpc) is 2.86. The standard InChI is InChI=1S/C22H42N2O2.C10H21N.ClH/c1-5-6-7-11-18-12-10-15-24(16-18)17-19-13-8-9-14-20(19)23-21(25)26-22(2,3)4;1-2-3-4-6-10-7-5-8-11-9-10;/h18-20H,5-17H2,1-4H3,(H,23,25);10-11H,2-9H2,1H3;1H/t18-,19?,20?;10-;/m00./s1. The number of unbranched alkanes of at least 4 members (excludes halogenated alkanes) is 4. The van der Waals surface area contributed by atoms with Crippen molar-refractivity contribution in [1.82, 2.24) is 15.5 Å². The first-order valence-electron chi connectivity index (χ1n) is 16.2. The van der Waals surface area contributed by atoms with Crippen LogP contribution in [0.5, 0.6) is 0 Å². The van der Waals surface area contributed by atoms with Crippen LogP contribution >= 0.6 is 12.4 Å². The number of amides is 1. The monoisotopic (exact) mass is 557 g/mol. The summed E-state index contributed by atoms with van der Waals surface area (Å²) in [5.74, 6) is 2.46. The van der Waals surface area contributed by atoms with E-state index in [1.54, 1.807) is 0 Å². The van der Waals surface area contributed by atoms with Crippen molar-refractivity contribution in [3.8, 4) is 0 Å². The summed E-state index contributed by atoms with van der Waals surface area (Å²) in [6.07, 6.45) is 21.4. The van der Waals surface area contributed by atoms with E-state index in [4.69, 9.17) is 4.74 Å². The summed E-state index contributed by atoms with van der Waals surface area (Å²) >= 11 is 0. The van der Waals surface area contributed by atoms with Crippen molar-refractivity contribution >= 4 is 18.5 Å². The van der Waals surface area contributed by atoms with E-state index in [9.17, 15) is 4.79 Å². The first-order valence-corrected chi connectivity index (χ1v) is 16.2. The average molecular weight is 558 g/mol. The van der Waals surface area contributed by atoms with Crippen LogP contribution < -0.4 is 10.6 Å². The molecule has 3 rings (SSSR count). The molecular formula is C32H64ClN3O2. The molecular weight excluding hydrogens is 494 g/mol. The molecule has 1 aliphatic carbocycles. The van der Waals surface area contributed by atoms with Gasteiger partial charge < -0.3 is 20.3 Å². The van der Waals surface area contributed by atoms with Gasteiger partial charge in [0.1, 0.15) is 5.60 Å². The summed E-state index contributed by atoms with van der Waals surface area (Å²) in [5, 5.41) is 6.64. The molecule has 2 heterocycles. The first-order chi connectivity index (χ1) is 17.8. The Morgan fingerprint density at radius 3 is 2.18 bits per heavy atom. The van der Waals surface area contributed by atoms with Gasteiger partial charge in [0.25, 0.3) is 0 Å². The van der Waals surface area contributed by atoms with Crippen LogP contribution in [0, 0.1) is 17.8 Å². The third kappa shape index (κ3) is 15.9. The largest absolute Gasteiger partial charge is 0.444 e. The summed E-state index contributed by atoms with van der Waals surface area (Å²) < 4.78 is 5.49. The van der Waals surface area contributed by atoms with E-state index in [0.29, 0.717) is 5.92 Å². The van der Waals surface area contributed by atoms with Crippen molar-refractivity contribution in [2.24, 2.45) is 17.8 Å². The fourth-order valence-corrected chi connectivity index (χ4v) is 6.50. The van der Waals surface area contributed by atoms with Gasteiger partial charge in [-0.2, -0.15) is 0 Å². The molecule has 0 spiro atoms. The number of hydrogen-bond donors (Lipinski definition) is 2. The molecule has 0 aromatic heterocycles. The van der Waals surface area contributed by atoms with Crippen molar-refractivity contribution in [3.05, 3.63) is 0 Å². The maximum Gasteiger partial charge on any atom is 0.407 e. The van der Waals surface area contributed by atoms with Crippen LogP contribution in [0.15, 0.2) is 0 Å². The molecule has 0 radical (unpaired) electrons. The molecule has 0 aromatic carbocycles. The van der Waals surface area contributed by atoms with Crippen molar-refractivity contribution in [1.29, 1.82) is 0 Å². The van der Waals surface area contributed by atoms with Crippen LogP contribution in [-0.4, -0.2) is 55.4 Å². The number of carbonyl (C=O) groups is 1. The molecule has 5 nitrogen and oxygen atoms in total. The van der Waals surface area contributed by atoms with E-state index in [-0.39, 0.29) is 24.5 Å². The second-order valence-electron chi connectivity index (χ2n) is 13.3. The summed E-state index contributed by atoms with van der Waals surface area (Å²) in [6, 6.07) is 0.277. The predicted octanol–water partition coefficient (Wildman–Crippen LogP) is 8.35. The predicted molar refractivity (Wildman–Crippen MR) is 165 cm³/mol. The highest BCUT2D eigenvalue weighted by Gasteiger charge is 2.31. The van der Waals surface area contributed by atoms with Crippen LogP contribution in [0.2, 0.25) is 0 Å². The van der Waals surface area contributed by atoms with Gasteiger partial charge in [-0.05, 0) is 110 Å². The molecule has 3 fully saturated rings. The van der Waals surface area contributed by atoms with Gasteiger partial charge in [0.15, 0.2) is 0 Å². The van der Waals surface area contributed by atoms with Gasteiger partial charge in [-0.15, -0.1) is 12.4 Å². The molecule has 0 aromatic rings. The molecule has 2 N–H and O–H groups in total. The molecule has 3 aliphatic rings. The minimum atomic E-state index is -0.424. The van der Waals surface area contributed by atoms with Gasteiger partial charge in [-0.25, -0.2) is 4.79 Å². The van der Waals surface area contributed by atoms with Gasteiger partial charge in [-0.3, -0.25) is 0 Å². The third-order valence-electron chi connectivity index (χ3n) is 8.54. The second kappa shape index (κ2) is 20.4. The van der Waals surface area contributed by atoms with Gasteiger partial charge >= 0.3 is 6.09 Å². The summed E-state index contributed by atoms with van der Waals surface area (Å²) in [4.78, 5) is 14.9. The zero-order valence-electron chi connectivity index (χ0n) is 25.8. The number of hydrogen-bond acceptors (Lipinski definition) is 4. The van der Waals surface area contributed by atoms with Crippen molar-refractivity contribution in [2.75, 3.05) is 32.7 Å². The Hall–Kier alpha value is -0.520. The zero-order chi connectivity index (χ0) is 26.9. The molecule has 2 unspecified atom stereocenters. The maximum atomic E-state index is 12.2. The van der Waals surface area contributed by atoms with E-state index in [1.165, 1.54) is 122 Å². The number of carbonyl (C=O) groups excluding carboxylic acids is 1. The first kappa shape index (κ1) is 35.5. The van der Waals surface area contributed by atoms with E-state index in [0.717, 1.165) is 24.8 Å². The molecule has 6 heteroatoms. The van der Waals surface area contributed by atoms with Crippen molar-refractivity contribution in [3.63, 3.8) is 0 Å². The highest BCUT2D eigenvalue weighted by atomic mass is 35.5. The van der Waals surface area contributed by atoms with Crippen LogP contribution in [0.3, 0.4) is 0 Å². The van der Waals surface area contributed by atoms with Gasteiger partial charge in [0, 0.05) is 19.1 Å². The Bertz CT molecular complexity index is 592. The summed E-state index contributed by atoms with van der Waals surface area (Å²) in [5.41, 5.74) is -0.424. The molecule has 2 aliphatic heterocycles. The molecule has 38 heavy (non-hydrogen) atoms. The number of nitrogens with zero attached hydrogens (tertiary/aromatic N) is 1. The van der Waals surface area contributed by atoms with Gasteiger partial charge in [0.05, 0.1) is 0 Å². The molecule has 226 valence electrons.